The first kappa shape index (κ1) is 13.0. The molecule has 0 aliphatic rings. The third-order valence-corrected chi connectivity index (χ3v) is 4.25. The Labute approximate surface area is 112 Å². The van der Waals surface area contributed by atoms with Gasteiger partial charge in [0, 0.05) is 11.9 Å². The Bertz CT molecular complexity index is 546. The maximum absolute atomic E-state index is 6.18. The lowest BCUT2D eigenvalue weighted by atomic mass is 10.2. The average Bonchev–Trinajstić information content (AvgIpc) is 2.60. The summed E-state index contributed by atoms with van der Waals surface area (Å²) >= 11 is 1.69. The minimum absolute atomic E-state index is 0.826. The Morgan fingerprint density at radius 2 is 2.06 bits per heavy atom. The highest BCUT2D eigenvalue weighted by Crippen LogP contribution is 2.35. The predicted molar refractivity (Wildman–Crippen MR) is 76.9 cm³/mol. The molecule has 0 spiro atoms. The Hall–Kier alpha value is -1.42. The van der Waals surface area contributed by atoms with E-state index >= 15 is 0 Å². The number of hydrogen-bond acceptors (Lipinski definition) is 3. The van der Waals surface area contributed by atoms with Gasteiger partial charge in [-0.2, -0.15) is 5.10 Å². The first-order valence-corrected chi connectivity index (χ1v) is 7.00. The highest BCUT2D eigenvalue weighted by atomic mass is 32.2. The Morgan fingerprint density at radius 1 is 1.33 bits per heavy atom. The van der Waals surface area contributed by atoms with E-state index in [1.807, 2.05) is 11.7 Å². The van der Waals surface area contributed by atoms with Gasteiger partial charge in [-0.1, -0.05) is 43.3 Å². The van der Waals surface area contributed by atoms with Crippen LogP contribution in [0.15, 0.2) is 34.2 Å². The fourth-order valence-electron chi connectivity index (χ4n) is 1.90. The van der Waals surface area contributed by atoms with Gasteiger partial charge in [0.15, 0.2) is 0 Å². The Kier molecular flexibility index (Phi) is 3.97. The van der Waals surface area contributed by atoms with Crippen LogP contribution in [0, 0.1) is 6.92 Å². The molecule has 2 N–H and O–H groups in total. The molecule has 18 heavy (non-hydrogen) atoms. The molecule has 0 fully saturated rings. The second-order valence-electron chi connectivity index (χ2n) is 4.41. The summed E-state index contributed by atoms with van der Waals surface area (Å²) in [7, 11) is 1.95. The zero-order valence-electron chi connectivity index (χ0n) is 11.1. The summed E-state index contributed by atoms with van der Waals surface area (Å²) in [5, 5.41) is 5.53. The fourth-order valence-corrected chi connectivity index (χ4v) is 2.88. The summed E-state index contributed by atoms with van der Waals surface area (Å²) in [5.74, 6) is 0. The van der Waals surface area contributed by atoms with Gasteiger partial charge in [-0.3, -0.25) is 4.68 Å². The van der Waals surface area contributed by atoms with Gasteiger partial charge in [-0.05, 0) is 25.0 Å². The van der Waals surface area contributed by atoms with Crippen LogP contribution in [0.5, 0.6) is 0 Å². The van der Waals surface area contributed by atoms with Gasteiger partial charge in [-0.25, -0.2) is 0 Å². The lowest BCUT2D eigenvalue weighted by Gasteiger charge is -2.06. The number of aryl methyl sites for hydroxylation is 3. The molecule has 0 unspecified atom stereocenters. The number of rotatable bonds is 4. The molecule has 1 aromatic heterocycles. The van der Waals surface area contributed by atoms with Crippen molar-refractivity contribution in [2.45, 2.75) is 36.6 Å². The van der Waals surface area contributed by atoms with Crippen molar-refractivity contribution in [2.75, 3.05) is 5.73 Å². The van der Waals surface area contributed by atoms with Crippen molar-refractivity contribution >= 4 is 17.4 Å². The van der Waals surface area contributed by atoms with E-state index in [0.717, 1.165) is 29.2 Å². The second kappa shape index (κ2) is 5.48. The molecule has 2 aromatic rings. The molecule has 96 valence electrons. The average molecular weight is 261 g/mol. The maximum Gasteiger partial charge on any atom is 0.122 e. The Morgan fingerprint density at radius 3 is 2.72 bits per heavy atom. The normalized spacial score (nSPS) is 10.8. The van der Waals surface area contributed by atoms with Crippen LogP contribution in [0.2, 0.25) is 0 Å². The van der Waals surface area contributed by atoms with Crippen LogP contribution in [-0.4, -0.2) is 9.78 Å². The number of nitrogen functional groups attached to an aromatic ring is 1. The first-order valence-electron chi connectivity index (χ1n) is 6.18. The SMILES string of the molecule is CCCc1nn(C)c(Sc2ccccc2C)c1N. The molecule has 2 rings (SSSR count). The minimum Gasteiger partial charge on any atom is -0.395 e. The molecule has 4 heteroatoms. The molecule has 0 aliphatic heterocycles. The van der Waals surface area contributed by atoms with Crippen molar-refractivity contribution in [3.05, 3.63) is 35.5 Å². The van der Waals surface area contributed by atoms with E-state index in [1.165, 1.54) is 10.5 Å². The quantitative estimate of drug-likeness (QED) is 0.917. The number of nitrogens with zero attached hydrogens (tertiary/aromatic N) is 2. The minimum atomic E-state index is 0.826. The lowest BCUT2D eigenvalue weighted by Crippen LogP contribution is -1.94. The van der Waals surface area contributed by atoms with E-state index in [-0.39, 0.29) is 0 Å². The van der Waals surface area contributed by atoms with Crippen LogP contribution in [-0.2, 0) is 13.5 Å². The third kappa shape index (κ3) is 2.53. The molecule has 0 radical (unpaired) electrons. The summed E-state index contributed by atoms with van der Waals surface area (Å²) in [6.07, 6.45) is 2.00. The van der Waals surface area contributed by atoms with Crippen LogP contribution in [0.3, 0.4) is 0 Å². The van der Waals surface area contributed by atoms with Crippen molar-refractivity contribution < 1.29 is 0 Å². The number of hydrogen-bond donors (Lipinski definition) is 1. The van der Waals surface area contributed by atoms with E-state index in [0.29, 0.717) is 0 Å². The van der Waals surface area contributed by atoms with Crippen molar-refractivity contribution in [1.29, 1.82) is 0 Å². The topological polar surface area (TPSA) is 43.8 Å². The number of aromatic nitrogens is 2. The van der Waals surface area contributed by atoms with Gasteiger partial charge in [-0.15, -0.1) is 0 Å². The number of nitrogens with two attached hydrogens (primary N) is 1. The summed E-state index contributed by atoms with van der Waals surface area (Å²) in [6, 6.07) is 8.33. The molecule has 0 aliphatic carbocycles. The summed E-state index contributed by atoms with van der Waals surface area (Å²) < 4.78 is 1.89. The monoisotopic (exact) mass is 261 g/mol. The summed E-state index contributed by atoms with van der Waals surface area (Å²) in [5.41, 5.74) is 9.28. The first-order chi connectivity index (χ1) is 8.63. The van der Waals surface area contributed by atoms with E-state index in [4.69, 9.17) is 5.73 Å². The molecule has 3 nitrogen and oxygen atoms in total. The highest BCUT2D eigenvalue weighted by Gasteiger charge is 2.14. The van der Waals surface area contributed by atoms with Crippen LogP contribution in [0.25, 0.3) is 0 Å². The lowest BCUT2D eigenvalue weighted by molar-refractivity contribution is 0.681. The smallest absolute Gasteiger partial charge is 0.122 e. The molecular weight excluding hydrogens is 242 g/mol. The highest BCUT2D eigenvalue weighted by molar-refractivity contribution is 7.99. The second-order valence-corrected chi connectivity index (χ2v) is 5.44. The van der Waals surface area contributed by atoms with Crippen LogP contribution >= 0.6 is 11.8 Å². The van der Waals surface area contributed by atoms with Gasteiger partial charge in [0.05, 0.1) is 11.4 Å². The van der Waals surface area contributed by atoms with Gasteiger partial charge in [0.25, 0.3) is 0 Å². The standard InChI is InChI=1S/C14H19N3S/c1-4-7-11-13(15)14(17(3)16-11)18-12-9-6-5-8-10(12)2/h5-6,8-9H,4,7,15H2,1-3H3. The van der Waals surface area contributed by atoms with Crippen LogP contribution in [0.1, 0.15) is 24.6 Å². The summed E-state index contributed by atoms with van der Waals surface area (Å²) in [6.45, 7) is 4.25. The maximum atomic E-state index is 6.18. The largest absolute Gasteiger partial charge is 0.395 e. The van der Waals surface area contributed by atoms with Crippen molar-refractivity contribution in [3.8, 4) is 0 Å². The van der Waals surface area contributed by atoms with Crippen LogP contribution in [0.4, 0.5) is 5.69 Å². The van der Waals surface area contributed by atoms with Crippen molar-refractivity contribution in [3.63, 3.8) is 0 Å². The van der Waals surface area contributed by atoms with Crippen molar-refractivity contribution in [2.24, 2.45) is 7.05 Å². The molecule has 0 saturated heterocycles. The van der Waals surface area contributed by atoms with E-state index in [9.17, 15) is 0 Å². The molecule has 0 bridgehead atoms. The van der Waals surface area contributed by atoms with Gasteiger partial charge in [0.1, 0.15) is 5.03 Å². The molecule has 0 amide bonds. The zero-order valence-corrected chi connectivity index (χ0v) is 11.9. The molecular formula is C14H19N3S. The van der Waals surface area contributed by atoms with Gasteiger partial charge in [0.2, 0.25) is 0 Å². The van der Waals surface area contributed by atoms with Crippen molar-refractivity contribution in [1.82, 2.24) is 9.78 Å². The number of benzene rings is 1. The van der Waals surface area contributed by atoms with E-state index in [1.54, 1.807) is 11.8 Å². The zero-order chi connectivity index (χ0) is 13.1. The predicted octanol–water partition coefficient (Wildman–Crippen LogP) is 3.41. The van der Waals surface area contributed by atoms with E-state index < -0.39 is 0 Å². The molecule has 0 atom stereocenters. The molecule has 1 aromatic carbocycles. The molecule has 0 saturated carbocycles. The number of anilines is 1. The van der Waals surface area contributed by atoms with Crippen LogP contribution < -0.4 is 5.73 Å². The van der Waals surface area contributed by atoms with Gasteiger partial charge >= 0.3 is 0 Å². The fraction of sp³-hybridized carbons (Fsp3) is 0.357. The van der Waals surface area contributed by atoms with E-state index in [2.05, 4.69) is 43.2 Å². The van der Waals surface area contributed by atoms with Gasteiger partial charge < -0.3 is 5.73 Å². The summed E-state index contributed by atoms with van der Waals surface area (Å²) in [4.78, 5) is 1.23. The third-order valence-electron chi connectivity index (χ3n) is 2.89. The Balaban J connectivity index is 2.32. The molecule has 1 heterocycles.